The Kier molecular flexibility index (Phi) is 4.77. The minimum atomic E-state index is -0.125. The fourth-order valence-corrected chi connectivity index (χ4v) is 1.29. The first kappa shape index (κ1) is 11.7. The summed E-state index contributed by atoms with van der Waals surface area (Å²) in [5.74, 6) is -0.125. The van der Waals surface area contributed by atoms with Crippen LogP contribution in [-0.2, 0) is 0 Å². The fraction of sp³-hybridized carbons (Fsp3) is 0.455. The van der Waals surface area contributed by atoms with Gasteiger partial charge in [-0.05, 0) is 38.4 Å². The van der Waals surface area contributed by atoms with E-state index < -0.39 is 0 Å². The lowest BCUT2D eigenvalue weighted by Crippen LogP contribution is -2.33. The smallest absolute Gasteiger partial charge is 0.270 e. The van der Waals surface area contributed by atoms with Gasteiger partial charge in [-0.15, -0.1) is 0 Å². The van der Waals surface area contributed by atoms with Crippen molar-refractivity contribution >= 4 is 5.91 Å². The van der Waals surface area contributed by atoms with E-state index in [9.17, 15) is 4.79 Å². The molecule has 0 aliphatic heterocycles. The third-order valence-electron chi connectivity index (χ3n) is 2.12. The quantitative estimate of drug-likeness (QED) is 0.755. The molecule has 82 valence electrons. The molecule has 0 fully saturated rings. The highest BCUT2D eigenvalue weighted by molar-refractivity contribution is 5.92. The lowest BCUT2D eigenvalue weighted by Gasteiger charge is -2.12. The molecule has 0 radical (unpaired) electrons. The standard InChI is InChI=1S/C11H17N3O/c1-9(5-4-7-12)14-11(15)10-6-2-3-8-13-10/h2-3,6,8-9H,4-5,7,12H2,1H3,(H,14,15). The second-order valence-corrected chi connectivity index (χ2v) is 3.52. The SMILES string of the molecule is CC(CCCN)NC(=O)c1ccccn1. The van der Waals surface area contributed by atoms with Gasteiger partial charge in [0.1, 0.15) is 5.69 Å². The van der Waals surface area contributed by atoms with Crippen LogP contribution in [-0.4, -0.2) is 23.5 Å². The van der Waals surface area contributed by atoms with Crippen LogP contribution < -0.4 is 11.1 Å². The van der Waals surface area contributed by atoms with Crippen molar-refractivity contribution in [3.8, 4) is 0 Å². The molecule has 0 bridgehead atoms. The first-order valence-corrected chi connectivity index (χ1v) is 5.16. The zero-order valence-electron chi connectivity index (χ0n) is 8.94. The van der Waals surface area contributed by atoms with Crippen LogP contribution in [0.3, 0.4) is 0 Å². The molecule has 0 spiro atoms. The van der Waals surface area contributed by atoms with Gasteiger partial charge in [-0.2, -0.15) is 0 Å². The number of carbonyl (C=O) groups is 1. The van der Waals surface area contributed by atoms with Crippen LogP contribution in [0, 0.1) is 0 Å². The molecule has 1 rings (SSSR count). The molecule has 0 aliphatic carbocycles. The fourth-order valence-electron chi connectivity index (χ4n) is 1.29. The number of nitrogens with zero attached hydrogens (tertiary/aromatic N) is 1. The van der Waals surface area contributed by atoms with Crippen LogP contribution in [0.2, 0.25) is 0 Å². The van der Waals surface area contributed by atoms with E-state index in [0.717, 1.165) is 12.8 Å². The summed E-state index contributed by atoms with van der Waals surface area (Å²) >= 11 is 0. The van der Waals surface area contributed by atoms with Gasteiger partial charge in [0.15, 0.2) is 0 Å². The van der Waals surface area contributed by atoms with E-state index >= 15 is 0 Å². The van der Waals surface area contributed by atoms with Crippen molar-refractivity contribution in [1.29, 1.82) is 0 Å². The average molecular weight is 207 g/mol. The Hall–Kier alpha value is -1.42. The molecule has 4 heteroatoms. The molecule has 0 aliphatic rings. The highest BCUT2D eigenvalue weighted by Gasteiger charge is 2.09. The Morgan fingerprint density at radius 3 is 3.00 bits per heavy atom. The van der Waals surface area contributed by atoms with Crippen molar-refractivity contribution < 1.29 is 4.79 Å². The molecule has 3 N–H and O–H groups in total. The van der Waals surface area contributed by atoms with Crippen molar-refractivity contribution in [3.63, 3.8) is 0 Å². The molecule has 4 nitrogen and oxygen atoms in total. The van der Waals surface area contributed by atoms with Crippen LogP contribution in [0.5, 0.6) is 0 Å². The van der Waals surface area contributed by atoms with E-state index in [2.05, 4.69) is 10.3 Å². The maximum atomic E-state index is 11.6. The molecule has 1 atom stereocenters. The maximum Gasteiger partial charge on any atom is 0.270 e. The molecule has 1 aromatic heterocycles. The number of aromatic nitrogens is 1. The van der Waals surface area contributed by atoms with E-state index in [-0.39, 0.29) is 11.9 Å². The summed E-state index contributed by atoms with van der Waals surface area (Å²) in [5.41, 5.74) is 5.85. The molecule has 1 heterocycles. The Bertz CT molecular complexity index is 300. The van der Waals surface area contributed by atoms with Gasteiger partial charge in [-0.3, -0.25) is 9.78 Å². The molecule has 1 aromatic rings. The Balaban J connectivity index is 2.42. The maximum absolute atomic E-state index is 11.6. The van der Waals surface area contributed by atoms with E-state index in [0.29, 0.717) is 12.2 Å². The molecule has 1 unspecified atom stereocenters. The van der Waals surface area contributed by atoms with Crippen LogP contribution in [0.15, 0.2) is 24.4 Å². The molecule has 15 heavy (non-hydrogen) atoms. The topological polar surface area (TPSA) is 68.0 Å². The van der Waals surface area contributed by atoms with Crippen molar-refractivity contribution in [2.45, 2.75) is 25.8 Å². The normalized spacial score (nSPS) is 12.1. The summed E-state index contributed by atoms with van der Waals surface area (Å²) in [6.45, 7) is 2.63. The third kappa shape index (κ3) is 4.08. The van der Waals surface area contributed by atoms with Gasteiger partial charge in [-0.1, -0.05) is 6.07 Å². The summed E-state index contributed by atoms with van der Waals surface area (Å²) in [6.07, 6.45) is 3.43. The monoisotopic (exact) mass is 207 g/mol. The summed E-state index contributed by atoms with van der Waals surface area (Å²) in [5, 5.41) is 2.87. The minimum Gasteiger partial charge on any atom is -0.348 e. The summed E-state index contributed by atoms with van der Waals surface area (Å²) in [7, 11) is 0. The predicted molar refractivity (Wildman–Crippen MR) is 59.5 cm³/mol. The summed E-state index contributed by atoms with van der Waals surface area (Å²) in [6, 6.07) is 5.43. The zero-order valence-corrected chi connectivity index (χ0v) is 8.94. The van der Waals surface area contributed by atoms with Crippen molar-refractivity contribution in [2.75, 3.05) is 6.54 Å². The lowest BCUT2D eigenvalue weighted by molar-refractivity contribution is 0.0933. The van der Waals surface area contributed by atoms with Crippen molar-refractivity contribution in [3.05, 3.63) is 30.1 Å². The van der Waals surface area contributed by atoms with Gasteiger partial charge in [0.2, 0.25) is 0 Å². The van der Waals surface area contributed by atoms with Crippen LogP contribution in [0.4, 0.5) is 0 Å². The number of amides is 1. The van der Waals surface area contributed by atoms with Crippen molar-refractivity contribution in [2.24, 2.45) is 5.73 Å². The van der Waals surface area contributed by atoms with Crippen LogP contribution in [0.1, 0.15) is 30.3 Å². The molecule has 1 amide bonds. The zero-order chi connectivity index (χ0) is 11.1. The number of carbonyl (C=O) groups excluding carboxylic acids is 1. The Morgan fingerprint density at radius 1 is 1.60 bits per heavy atom. The van der Waals surface area contributed by atoms with Gasteiger partial charge in [0, 0.05) is 12.2 Å². The molecule has 0 saturated carbocycles. The second kappa shape index (κ2) is 6.14. The highest BCUT2D eigenvalue weighted by atomic mass is 16.1. The largest absolute Gasteiger partial charge is 0.348 e. The molecular formula is C11H17N3O. The average Bonchev–Trinajstić information content (AvgIpc) is 2.27. The van der Waals surface area contributed by atoms with Gasteiger partial charge < -0.3 is 11.1 Å². The highest BCUT2D eigenvalue weighted by Crippen LogP contribution is 1.98. The predicted octanol–water partition coefficient (Wildman–Crippen LogP) is 0.939. The first-order chi connectivity index (χ1) is 7.24. The minimum absolute atomic E-state index is 0.125. The number of hydrogen-bond donors (Lipinski definition) is 2. The second-order valence-electron chi connectivity index (χ2n) is 3.52. The van der Waals surface area contributed by atoms with Crippen molar-refractivity contribution in [1.82, 2.24) is 10.3 Å². The Morgan fingerprint density at radius 2 is 2.40 bits per heavy atom. The Labute approximate surface area is 89.9 Å². The summed E-state index contributed by atoms with van der Waals surface area (Å²) in [4.78, 5) is 15.6. The van der Waals surface area contributed by atoms with Gasteiger partial charge >= 0.3 is 0 Å². The number of nitrogens with one attached hydrogen (secondary N) is 1. The van der Waals surface area contributed by atoms with E-state index in [1.54, 1.807) is 24.4 Å². The van der Waals surface area contributed by atoms with Gasteiger partial charge in [0.25, 0.3) is 5.91 Å². The van der Waals surface area contributed by atoms with Gasteiger partial charge in [-0.25, -0.2) is 0 Å². The summed E-state index contributed by atoms with van der Waals surface area (Å²) < 4.78 is 0. The number of nitrogens with two attached hydrogens (primary N) is 1. The van der Waals surface area contributed by atoms with Gasteiger partial charge in [0.05, 0.1) is 0 Å². The van der Waals surface area contributed by atoms with E-state index in [4.69, 9.17) is 5.73 Å². The molecular weight excluding hydrogens is 190 g/mol. The number of rotatable bonds is 5. The molecule has 0 saturated heterocycles. The van der Waals surface area contributed by atoms with Crippen LogP contribution >= 0.6 is 0 Å². The molecule has 0 aromatic carbocycles. The van der Waals surface area contributed by atoms with Crippen LogP contribution in [0.25, 0.3) is 0 Å². The number of pyridine rings is 1. The van der Waals surface area contributed by atoms with E-state index in [1.807, 2.05) is 6.92 Å². The van der Waals surface area contributed by atoms with E-state index in [1.165, 1.54) is 0 Å². The number of hydrogen-bond acceptors (Lipinski definition) is 3. The third-order valence-corrected chi connectivity index (χ3v) is 2.12. The lowest BCUT2D eigenvalue weighted by atomic mass is 10.2. The first-order valence-electron chi connectivity index (χ1n) is 5.16.